The molecule has 3 nitrogen and oxygen atoms in total. The summed E-state index contributed by atoms with van der Waals surface area (Å²) >= 11 is 0. The second-order valence-corrected chi connectivity index (χ2v) is 10.2. The van der Waals surface area contributed by atoms with Gasteiger partial charge in [0.05, 0.1) is 18.8 Å². The number of nitrogens with zero attached hydrogens (tertiary/aromatic N) is 2. The van der Waals surface area contributed by atoms with Crippen molar-refractivity contribution in [3.05, 3.63) is 23.9 Å². The van der Waals surface area contributed by atoms with Crippen molar-refractivity contribution < 1.29 is 4.74 Å². The monoisotopic (exact) mass is 260 g/mol. The van der Waals surface area contributed by atoms with Gasteiger partial charge in [0.2, 0.25) is 0 Å². The van der Waals surface area contributed by atoms with Gasteiger partial charge in [-0.15, -0.1) is 5.54 Å². The van der Waals surface area contributed by atoms with Crippen LogP contribution in [0, 0.1) is 11.5 Å². The predicted molar refractivity (Wildman–Crippen MR) is 77.5 cm³/mol. The van der Waals surface area contributed by atoms with Crippen LogP contribution in [0.15, 0.2) is 18.3 Å². The summed E-state index contributed by atoms with van der Waals surface area (Å²) < 4.78 is 5.38. The van der Waals surface area contributed by atoms with E-state index in [-0.39, 0.29) is 0 Å². The van der Waals surface area contributed by atoms with Gasteiger partial charge >= 0.3 is 0 Å². The minimum atomic E-state index is -1.34. The van der Waals surface area contributed by atoms with Crippen LogP contribution in [0.1, 0.15) is 5.56 Å². The Hall–Kier alpha value is -1.31. The fraction of sp³-hybridized carbons (Fsp3) is 0.500. The van der Waals surface area contributed by atoms with Gasteiger partial charge in [0, 0.05) is 19.3 Å². The predicted octanol–water partition coefficient (Wildman–Crippen LogP) is 2.15. The number of hydrogen-bond acceptors (Lipinski definition) is 3. The van der Waals surface area contributed by atoms with Crippen molar-refractivity contribution in [1.29, 1.82) is 0 Å². The smallest absolute Gasteiger partial charge is 0.144 e. The lowest BCUT2D eigenvalue weighted by molar-refractivity contribution is 0.122. The Kier molecular flexibility index (Phi) is 4.05. The highest BCUT2D eigenvalue weighted by molar-refractivity contribution is 6.83. The zero-order chi connectivity index (χ0) is 13.0. The van der Waals surface area contributed by atoms with Crippen molar-refractivity contribution in [2.75, 3.05) is 31.2 Å². The first-order valence-corrected chi connectivity index (χ1v) is 9.87. The summed E-state index contributed by atoms with van der Waals surface area (Å²) in [5.41, 5.74) is 4.45. The van der Waals surface area contributed by atoms with Gasteiger partial charge in [-0.05, 0) is 12.1 Å². The van der Waals surface area contributed by atoms with E-state index in [0.717, 1.165) is 37.7 Å². The maximum Gasteiger partial charge on any atom is 0.144 e. The average molecular weight is 260 g/mol. The van der Waals surface area contributed by atoms with Crippen LogP contribution in [0.2, 0.25) is 19.6 Å². The fourth-order valence-corrected chi connectivity index (χ4v) is 2.29. The summed E-state index contributed by atoms with van der Waals surface area (Å²) in [6, 6.07) is 4.02. The number of rotatable bonds is 1. The third kappa shape index (κ3) is 3.59. The number of hydrogen-bond donors (Lipinski definition) is 0. The molecule has 1 saturated heterocycles. The van der Waals surface area contributed by atoms with Gasteiger partial charge in [-0.3, -0.25) is 0 Å². The largest absolute Gasteiger partial charge is 0.378 e. The van der Waals surface area contributed by atoms with Crippen LogP contribution in [0.5, 0.6) is 0 Å². The van der Waals surface area contributed by atoms with E-state index in [2.05, 4.69) is 47.1 Å². The number of anilines is 1. The Morgan fingerprint density at radius 1 is 1.28 bits per heavy atom. The topological polar surface area (TPSA) is 25.4 Å². The second kappa shape index (κ2) is 5.55. The van der Waals surface area contributed by atoms with E-state index in [4.69, 9.17) is 4.74 Å². The molecule has 0 amide bonds. The lowest BCUT2D eigenvalue weighted by Crippen LogP contribution is -2.37. The van der Waals surface area contributed by atoms with Crippen molar-refractivity contribution in [1.82, 2.24) is 4.98 Å². The Morgan fingerprint density at radius 3 is 2.67 bits per heavy atom. The summed E-state index contributed by atoms with van der Waals surface area (Å²) in [6.45, 7) is 10.1. The molecule has 1 aromatic heterocycles. The van der Waals surface area contributed by atoms with Crippen molar-refractivity contribution in [3.63, 3.8) is 0 Å². The molecule has 18 heavy (non-hydrogen) atoms. The van der Waals surface area contributed by atoms with Gasteiger partial charge in [0.25, 0.3) is 0 Å². The van der Waals surface area contributed by atoms with Gasteiger partial charge in [0.15, 0.2) is 0 Å². The SMILES string of the molecule is C[Si](C)(C)C#Cc1cccnc1N1CCOCC1. The second-order valence-electron chi connectivity index (χ2n) is 5.47. The Labute approximate surface area is 110 Å². The highest BCUT2D eigenvalue weighted by Gasteiger charge is 2.15. The molecule has 0 N–H and O–H groups in total. The van der Waals surface area contributed by atoms with E-state index in [1.165, 1.54) is 0 Å². The molecule has 4 heteroatoms. The van der Waals surface area contributed by atoms with E-state index in [1.54, 1.807) is 0 Å². The van der Waals surface area contributed by atoms with Crippen LogP contribution in [0.4, 0.5) is 5.82 Å². The van der Waals surface area contributed by atoms with E-state index >= 15 is 0 Å². The van der Waals surface area contributed by atoms with Crippen LogP contribution in [0.25, 0.3) is 0 Å². The van der Waals surface area contributed by atoms with Crippen LogP contribution < -0.4 is 4.90 Å². The lowest BCUT2D eigenvalue weighted by Gasteiger charge is -2.28. The summed E-state index contributed by atoms with van der Waals surface area (Å²) in [4.78, 5) is 6.75. The van der Waals surface area contributed by atoms with Gasteiger partial charge in [-0.25, -0.2) is 4.98 Å². The van der Waals surface area contributed by atoms with Crippen LogP contribution in [0.3, 0.4) is 0 Å². The summed E-state index contributed by atoms with van der Waals surface area (Å²) in [6.07, 6.45) is 1.84. The summed E-state index contributed by atoms with van der Waals surface area (Å²) in [5.74, 6) is 4.32. The molecule has 0 radical (unpaired) electrons. The quantitative estimate of drug-likeness (QED) is 0.571. The number of aromatic nitrogens is 1. The van der Waals surface area contributed by atoms with Crippen LogP contribution in [-0.4, -0.2) is 39.4 Å². The molecule has 1 aromatic rings. The van der Waals surface area contributed by atoms with Gasteiger partial charge in [-0.1, -0.05) is 25.6 Å². The van der Waals surface area contributed by atoms with Crippen LogP contribution >= 0.6 is 0 Å². The molecule has 1 aliphatic rings. The van der Waals surface area contributed by atoms with Crippen molar-refractivity contribution >= 4 is 13.9 Å². The van der Waals surface area contributed by atoms with E-state index in [9.17, 15) is 0 Å². The molecule has 0 aliphatic carbocycles. The fourth-order valence-electron chi connectivity index (χ4n) is 1.78. The first kappa shape index (κ1) is 13.1. The molecule has 2 heterocycles. The van der Waals surface area contributed by atoms with E-state index < -0.39 is 8.07 Å². The highest BCUT2D eigenvalue weighted by atomic mass is 28.3. The minimum Gasteiger partial charge on any atom is -0.378 e. The first-order valence-electron chi connectivity index (χ1n) is 6.37. The average Bonchev–Trinajstić information content (AvgIpc) is 2.37. The molecule has 0 unspecified atom stereocenters. The van der Waals surface area contributed by atoms with Crippen molar-refractivity contribution in [3.8, 4) is 11.5 Å². The molecule has 1 fully saturated rings. The summed E-state index contributed by atoms with van der Waals surface area (Å²) in [7, 11) is -1.34. The van der Waals surface area contributed by atoms with E-state index in [0.29, 0.717) is 0 Å². The normalized spacial score (nSPS) is 16.1. The number of pyridine rings is 1. The molecular weight excluding hydrogens is 240 g/mol. The van der Waals surface area contributed by atoms with E-state index in [1.807, 2.05) is 12.3 Å². The zero-order valence-corrected chi connectivity index (χ0v) is 12.4. The standard InChI is InChI=1S/C14H20N2OSi/c1-18(2,3)12-6-13-5-4-7-15-14(13)16-8-10-17-11-9-16/h4-5,7H,8-11H2,1-3H3. The number of ether oxygens (including phenoxy) is 1. The molecule has 0 spiro atoms. The molecule has 1 aliphatic heterocycles. The maximum atomic E-state index is 5.38. The molecule has 0 atom stereocenters. The van der Waals surface area contributed by atoms with Crippen molar-refractivity contribution in [2.24, 2.45) is 0 Å². The lowest BCUT2D eigenvalue weighted by atomic mass is 10.2. The third-order valence-electron chi connectivity index (χ3n) is 2.67. The maximum absolute atomic E-state index is 5.38. The molecule has 0 bridgehead atoms. The van der Waals surface area contributed by atoms with Gasteiger partial charge < -0.3 is 9.64 Å². The molecule has 96 valence electrons. The molecular formula is C14H20N2OSi. The van der Waals surface area contributed by atoms with Gasteiger partial charge in [-0.2, -0.15) is 0 Å². The summed E-state index contributed by atoms with van der Waals surface area (Å²) in [5, 5.41) is 0. The van der Waals surface area contributed by atoms with Crippen LogP contribution in [-0.2, 0) is 4.74 Å². The van der Waals surface area contributed by atoms with Crippen molar-refractivity contribution in [2.45, 2.75) is 19.6 Å². The Morgan fingerprint density at radius 2 is 2.00 bits per heavy atom. The molecule has 0 aromatic carbocycles. The third-order valence-corrected chi connectivity index (χ3v) is 3.54. The number of morpholine rings is 1. The Bertz CT molecular complexity index is 465. The molecule has 0 saturated carbocycles. The Balaban J connectivity index is 2.27. The first-order chi connectivity index (χ1) is 8.56. The zero-order valence-electron chi connectivity index (χ0n) is 11.4. The minimum absolute atomic E-state index is 0.775. The molecule has 2 rings (SSSR count). The highest BCUT2D eigenvalue weighted by Crippen LogP contribution is 2.17. The van der Waals surface area contributed by atoms with Gasteiger partial charge in [0.1, 0.15) is 13.9 Å².